The fourth-order valence-electron chi connectivity index (χ4n) is 1.95. The number of carboxylic acids is 1. The number of carboxylic acid groups (broad SMARTS) is 1. The van der Waals surface area contributed by atoms with Crippen LogP contribution in [0.4, 0.5) is 5.82 Å². The summed E-state index contributed by atoms with van der Waals surface area (Å²) in [6.07, 6.45) is 1.75. The number of aromatic nitrogens is 2. The summed E-state index contributed by atoms with van der Waals surface area (Å²) >= 11 is 0. The van der Waals surface area contributed by atoms with Gasteiger partial charge >= 0.3 is 5.97 Å². The zero-order valence-electron chi connectivity index (χ0n) is 11.0. The van der Waals surface area contributed by atoms with Crippen LogP contribution in [0.5, 0.6) is 5.88 Å². The summed E-state index contributed by atoms with van der Waals surface area (Å²) in [5, 5.41) is 12.3. The lowest BCUT2D eigenvalue weighted by molar-refractivity contribution is -0.142. The fraction of sp³-hybridized carbons (Fsp3) is 0.583. The minimum Gasteiger partial charge on any atom is -0.479 e. The lowest BCUT2D eigenvalue weighted by atomic mass is 9.99. The second-order valence-electron chi connectivity index (χ2n) is 4.40. The van der Waals surface area contributed by atoms with Crippen molar-refractivity contribution in [2.24, 2.45) is 0 Å². The first-order valence-corrected chi connectivity index (χ1v) is 6.13. The van der Waals surface area contributed by atoms with Crippen LogP contribution in [0, 0.1) is 6.92 Å². The van der Waals surface area contributed by atoms with Gasteiger partial charge in [0.2, 0.25) is 5.88 Å². The molecule has 19 heavy (non-hydrogen) atoms. The van der Waals surface area contributed by atoms with E-state index in [0.717, 1.165) is 0 Å². The highest BCUT2D eigenvalue weighted by Crippen LogP contribution is 2.28. The van der Waals surface area contributed by atoms with Crippen molar-refractivity contribution < 1.29 is 19.4 Å². The van der Waals surface area contributed by atoms with E-state index >= 15 is 0 Å². The summed E-state index contributed by atoms with van der Waals surface area (Å²) in [4.78, 5) is 19.5. The molecule has 0 radical (unpaired) electrons. The highest BCUT2D eigenvalue weighted by Gasteiger charge is 2.43. The Morgan fingerprint density at radius 3 is 3.00 bits per heavy atom. The van der Waals surface area contributed by atoms with Gasteiger partial charge in [-0.25, -0.2) is 14.8 Å². The van der Waals surface area contributed by atoms with Crippen LogP contribution in [0.15, 0.2) is 6.33 Å². The van der Waals surface area contributed by atoms with Gasteiger partial charge in [-0.1, -0.05) is 0 Å². The highest BCUT2D eigenvalue weighted by molar-refractivity contribution is 5.83. The fourth-order valence-corrected chi connectivity index (χ4v) is 1.95. The van der Waals surface area contributed by atoms with Gasteiger partial charge in [-0.2, -0.15) is 0 Å². The third-order valence-electron chi connectivity index (χ3n) is 3.11. The van der Waals surface area contributed by atoms with Gasteiger partial charge in [-0.3, -0.25) is 0 Å². The molecule has 1 aliphatic rings. The van der Waals surface area contributed by atoms with Crippen LogP contribution in [0.3, 0.4) is 0 Å². The van der Waals surface area contributed by atoms with Gasteiger partial charge in [0.05, 0.1) is 18.8 Å². The topological polar surface area (TPSA) is 93.6 Å². The second kappa shape index (κ2) is 5.40. The van der Waals surface area contributed by atoms with Crippen molar-refractivity contribution in [2.45, 2.75) is 25.8 Å². The number of rotatable bonds is 5. The number of ether oxygens (including phenoxy) is 2. The summed E-state index contributed by atoms with van der Waals surface area (Å²) in [7, 11) is 0. The van der Waals surface area contributed by atoms with Crippen LogP contribution in [-0.2, 0) is 9.53 Å². The Balaban J connectivity index is 2.27. The Kier molecular flexibility index (Phi) is 3.84. The molecule has 104 valence electrons. The molecule has 0 bridgehead atoms. The molecule has 0 aromatic carbocycles. The second-order valence-corrected chi connectivity index (χ2v) is 4.40. The lowest BCUT2D eigenvalue weighted by Gasteiger charge is -2.25. The Hall–Kier alpha value is -1.89. The van der Waals surface area contributed by atoms with Crippen molar-refractivity contribution in [3.8, 4) is 5.88 Å². The Labute approximate surface area is 111 Å². The van der Waals surface area contributed by atoms with Crippen molar-refractivity contribution in [3.05, 3.63) is 11.9 Å². The molecule has 1 atom stereocenters. The monoisotopic (exact) mass is 267 g/mol. The van der Waals surface area contributed by atoms with Crippen molar-refractivity contribution >= 4 is 11.8 Å². The van der Waals surface area contributed by atoms with Gasteiger partial charge in [0.1, 0.15) is 12.1 Å². The molecular weight excluding hydrogens is 250 g/mol. The van der Waals surface area contributed by atoms with Gasteiger partial charge in [0.25, 0.3) is 0 Å². The number of hydrogen-bond acceptors (Lipinski definition) is 6. The summed E-state index contributed by atoms with van der Waals surface area (Å²) in [5.41, 5.74) is -0.431. The van der Waals surface area contributed by atoms with Crippen LogP contribution < -0.4 is 10.1 Å². The number of carbonyl (C=O) groups is 1. The Morgan fingerprint density at radius 2 is 2.42 bits per heavy atom. The van der Waals surface area contributed by atoms with Crippen LogP contribution in [0.25, 0.3) is 0 Å². The van der Waals surface area contributed by atoms with Gasteiger partial charge in [0, 0.05) is 13.0 Å². The third kappa shape index (κ3) is 2.60. The van der Waals surface area contributed by atoms with Crippen molar-refractivity contribution in [1.82, 2.24) is 9.97 Å². The summed E-state index contributed by atoms with van der Waals surface area (Å²) in [6.45, 7) is 4.68. The third-order valence-corrected chi connectivity index (χ3v) is 3.11. The molecule has 2 N–H and O–H groups in total. The van der Waals surface area contributed by atoms with E-state index in [1.807, 2.05) is 6.92 Å². The molecule has 2 heterocycles. The first kappa shape index (κ1) is 13.5. The Bertz CT molecular complexity index is 472. The number of nitrogens with zero attached hydrogens (tertiary/aromatic N) is 2. The molecule has 0 saturated carbocycles. The van der Waals surface area contributed by atoms with Crippen molar-refractivity contribution in [1.29, 1.82) is 0 Å². The molecule has 0 spiro atoms. The summed E-state index contributed by atoms with van der Waals surface area (Å²) < 4.78 is 10.6. The minimum atomic E-state index is -1.12. The van der Waals surface area contributed by atoms with Gasteiger partial charge in [-0.15, -0.1) is 0 Å². The molecule has 1 fully saturated rings. The number of nitrogens with one attached hydrogen (secondary N) is 1. The van der Waals surface area contributed by atoms with E-state index in [-0.39, 0.29) is 6.61 Å². The lowest BCUT2D eigenvalue weighted by Crippen LogP contribution is -2.47. The van der Waals surface area contributed by atoms with E-state index in [1.165, 1.54) is 6.33 Å². The first-order chi connectivity index (χ1) is 9.09. The van der Waals surface area contributed by atoms with Gasteiger partial charge in [0.15, 0.2) is 5.54 Å². The maximum Gasteiger partial charge on any atom is 0.331 e. The van der Waals surface area contributed by atoms with Crippen molar-refractivity contribution in [2.75, 3.05) is 25.1 Å². The SMILES string of the molecule is CCOc1ncnc(NC2(C(=O)O)CCOC2)c1C. The zero-order chi connectivity index (χ0) is 13.9. The predicted molar refractivity (Wildman–Crippen MR) is 67.4 cm³/mol. The molecule has 0 aliphatic carbocycles. The van der Waals surface area contributed by atoms with Crippen molar-refractivity contribution in [3.63, 3.8) is 0 Å². The Morgan fingerprint density at radius 1 is 1.63 bits per heavy atom. The molecule has 1 unspecified atom stereocenters. The molecule has 1 aromatic rings. The molecule has 7 heteroatoms. The molecule has 1 saturated heterocycles. The smallest absolute Gasteiger partial charge is 0.331 e. The average Bonchev–Trinajstić information content (AvgIpc) is 2.84. The molecule has 0 amide bonds. The predicted octanol–water partition coefficient (Wildman–Crippen LogP) is 0.839. The van der Waals surface area contributed by atoms with Crippen LogP contribution in [-0.4, -0.2) is 46.4 Å². The molecule has 2 rings (SSSR count). The number of hydrogen-bond donors (Lipinski definition) is 2. The van der Waals surface area contributed by atoms with Crippen LogP contribution in [0.1, 0.15) is 18.9 Å². The molecule has 1 aliphatic heterocycles. The van der Waals surface area contributed by atoms with E-state index < -0.39 is 11.5 Å². The zero-order valence-corrected chi connectivity index (χ0v) is 11.0. The van der Waals surface area contributed by atoms with E-state index in [0.29, 0.717) is 36.9 Å². The highest BCUT2D eigenvalue weighted by atomic mass is 16.5. The minimum absolute atomic E-state index is 0.121. The molecule has 7 nitrogen and oxygen atoms in total. The first-order valence-electron chi connectivity index (χ1n) is 6.13. The molecular formula is C12H17N3O4. The van der Waals surface area contributed by atoms with E-state index in [2.05, 4.69) is 15.3 Å². The molecule has 1 aromatic heterocycles. The number of aliphatic carboxylic acids is 1. The van der Waals surface area contributed by atoms with E-state index in [1.54, 1.807) is 6.92 Å². The standard InChI is InChI=1S/C12H17N3O4/c1-3-19-10-8(2)9(13-7-14-10)15-12(11(16)17)4-5-18-6-12/h7H,3-6H2,1-2H3,(H,16,17)(H,13,14,15). The largest absolute Gasteiger partial charge is 0.479 e. The van der Waals surface area contributed by atoms with Crippen LogP contribution >= 0.6 is 0 Å². The number of anilines is 1. The maximum atomic E-state index is 11.4. The quantitative estimate of drug-likeness (QED) is 0.816. The summed E-state index contributed by atoms with van der Waals surface area (Å²) in [6, 6.07) is 0. The maximum absolute atomic E-state index is 11.4. The van der Waals surface area contributed by atoms with E-state index in [4.69, 9.17) is 9.47 Å². The summed E-state index contributed by atoms with van der Waals surface area (Å²) in [5.74, 6) is -0.0215. The average molecular weight is 267 g/mol. The van der Waals surface area contributed by atoms with E-state index in [9.17, 15) is 9.90 Å². The normalized spacial score (nSPS) is 22.2. The van der Waals surface area contributed by atoms with Gasteiger partial charge < -0.3 is 19.9 Å². The van der Waals surface area contributed by atoms with Crippen LogP contribution in [0.2, 0.25) is 0 Å². The van der Waals surface area contributed by atoms with Gasteiger partial charge in [-0.05, 0) is 13.8 Å².